The maximum atomic E-state index is 13.0. The van der Waals surface area contributed by atoms with Crippen molar-refractivity contribution in [3.63, 3.8) is 0 Å². The number of halogens is 1. The fraction of sp³-hybridized carbons (Fsp3) is 0.136. The first-order valence-electron chi connectivity index (χ1n) is 9.66. The Hall–Kier alpha value is -3.79. The monoisotopic (exact) mass is 453 g/mol. The highest BCUT2D eigenvalue weighted by Crippen LogP contribution is 2.24. The Labute approximate surface area is 184 Å². The van der Waals surface area contributed by atoms with E-state index in [1.807, 2.05) is 20.8 Å². The summed E-state index contributed by atoms with van der Waals surface area (Å²) in [6, 6.07) is 14.3. The molecule has 0 amide bonds. The highest BCUT2D eigenvalue weighted by molar-refractivity contribution is 7.92. The van der Waals surface area contributed by atoms with Crippen LogP contribution < -0.4 is 9.46 Å². The van der Waals surface area contributed by atoms with Crippen molar-refractivity contribution in [1.29, 1.82) is 0 Å². The molecule has 0 saturated heterocycles. The lowest BCUT2D eigenvalue weighted by molar-refractivity contribution is 0.454. The van der Waals surface area contributed by atoms with E-state index in [1.165, 1.54) is 12.1 Å². The molecule has 2 heterocycles. The molecule has 0 bridgehead atoms. The van der Waals surface area contributed by atoms with E-state index in [0.717, 1.165) is 29.1 Å². The molecule has 8 nitrogen and oxygen atoms in total. The van der Waals surface area contributed by atoms with Crippen LogP contribution in [0.25, 0.3) is 5.82 Å². The Bertz CT molecular complexity index is 1350. The second-order valence-electron chi connectivity index (χ2n) is 7.12. The molecule has 2 aromatic carbocycles. The Morgan fingerprint density at radius 2 is 1.59 bits per heavy atom. The van der Waals surface area contributed by atoms with Crippen molar-refractivity contribution in [3.05, 3.63) is 83.4 Å². The van der Waals surface area contributed by atoms with Crippen LogP contribution >= 0.6 is 0 Å². The van der Waals surface area contributed by atoms with E-state index >= 15 is 0 Å². The van der Waals surface area contributed by atoms with Crippen LogP contribution in [0.2, 0.25) is 0 Å². The second-order valence-corrected chi connectivity index (χ2v) is 8.81. The average molecular weight is 453 g/mol. The maximum absolute atomic E-state index is 13.0. The van der Waals surface area contributed by atoms with E-state index in [4.69, 9.17) is 4.74 Å². The van der Waals surface area contributed by atoms with Gasteiger partial charge in [0, 0.05) is 17.4 Å². The predicted octanol–water partition coefficient (Wildman–Crippen LogP) is 4.32. The minimum Gasteiger partial charge on any atom is -0.438 e. The van der Waals surface area contributed by atoms with E-state index in [-0.39, 0.29) is 10.8 Å². The van der Waals surface area contributed by atoms with Gasteiger partial charge < -0.3 is 4.74 Å². The van der Waals surface area contributed by atoms with Gasteiger partial charge in [-0.1, -0.05) is 0 Å². The van der Waals surface area contributed by atoms with E-state index in [9.17, 15) is 12.8 Å². The molecule has 4 rings (SSSR count). The number of aromatic nitrogens is 4. The number of hydrogen-bond acceptors (Lipinski definition) is 6. The van der Waals surface area contributed by atoms with Gasteiger partial charge in [0.25, 0.3) is 10.0 Å². The summed E-state index contributed by atoms with van der Waals surface area (Å²) in [6.07, 6.45) is 0. The molecule has 0 unspecified atom stereocenters. The molecule has 10 heteroatoms. The third kappa shape index (κ3) is 4.45. The van der Waals surface area contributed by atoms with Crippen LogP contribution in [0, 0.1) is 26.6 Å². The van der Waals surface area contributed by atoms with Crippen LogP contribution in [-0.2, 0) is 10.0 Å². The first-order valence-corrected chi connectivity index (χ1v) is 11.1. The fourth-order valence-corrected chi connectivity index (χ4v) is 4.02. The minimum absolute atomic E-state index is 0.0348. The van der Waals surface area contributed by atoms with Gasteiger partial charge in [-0.25, -0.2) is 17.5 Å². The Kier molecular flexibility index (Phi) is 5.62. The number of hydrogen-bond donors (Lipinski definition) is 1. The number of rotatable bonds is 6. The molecular weight excluding hydrogens is 433 g/mol. The lowest BCUT2D eigenvalue weighted by Gasteiger charge is -2.09. The first-order chi connectivity index (χ1) is 15.2. The van der Waals surface area contributed by atoms with Gasteiger partial charge in [-0.15, -0.1) is 10.2 Å². The molecule has 0 aliphatic rings. The summed E-state index contributed by atoms with van der Waals surface area (Å²) in [5, 5.41) is 12.7. The molecule has 0 aliphatic heterocycles. The van der Waals surface area contributed by atoms with Crippen LogP contribution in [-0.4, -0.2) is 28.4 Å². The van der Waals surface area contributed by atoms with Crippen LogP contribution in [0.5, 0.6) is 11.6 Å². The number of nitrogens with zero attached hydrogens (tertiary/aromatic N) is 4. The molecule has 0 saturated carbocycles. The molecule has 164 valence electrons. The van der Waals surface area contributed by atoms with E-state index < -0.39 is 15.8 Å². The SMILES string of the molecule is Cc1nn(-c2ccc(Oc3ccc(NS(=O)(=O)c4ccc(F)cc4)cc3)nn2)c(C)c1C. The Morgan fingerprint density at radius 3 is 2.16 bits per heavy atom. The molecule has 1 N–H and O–H groups in total. The standard InChI is InChI=1S/C22H20FN5O3S/c1-14-15(2)26-28(16(14)3)21-12-13-22(25-24-21)31-19-8-6-18(7-9-19)27-32(29,30)20-10-4-17(23)5-11-20/h4-13,27H,1-3H3. The topological polar surface area (TPSA) is 99.0 Å². The van der Waals surface area contributed by atoms with Crippen LogP contribution in [0.4, 0.5) is 10.1 Å². The molecule has 0 fully saturated rings. The van der Waals surface area contributed by atoms with E-state index in [2.05, 4.69) is 20.0 Å². The van der Waals surface area contributed by atoms with Crippen molar-refractivity contribution >= 4 is 15.7 Å². The molecular formula is C22H20FN5O3S. The average Bonchev–Trinajstić information content (AvgIpc) is 3.03. The van der Waals surface area contributed by atoms with Gasteiger partial charge >= 0.3 is 0 Å². The number of nitrogens with one attached hydrogen (secondary N) is 1. The number of ether oxygens (including phenoxy) is 1. The molecule has 2 aromatic heterocycles. The zero-order valence-electron chi connectivity index (χ0n) is 17.6. The highest BCUT2D eigenvalue weighted by Gasteiger charge is 2.14. The summed E-state index contributed by atoms with van der Waals surface area (Å²) in [7, 11) is -3.83. The van der Waals surface area contributed by atoms with Crippen molar-refractivity contribution in [1.82, 2.24) is 20.0 Å². The second kappa shape index (κ2) is 8.39. The maximum Gasteiger partial charge on any atom is 0.261 e. The van der Waals surface area contributed by atoms with Gasteiger partial charge in [0.1, 0.15) is 11.6 Å². The quantitative estimate of drug-likeness (QED) is 0.467. The van der Waals surface area contributed by atoms with Gasteiger partial charge in [-0.05, 0) is 80.9 Å². The van der Waals surface area contributed by atoms with Crippen molar-refractivity contribution < 1.29 is 17.5 Å². The molecule has 0 atom stereocenters. The third-order valence-corrected chi connectivity index (χ3v) is 6.35. The molecule has 0 radical (unpaired) electrons. The lowest BCUT2D eigenvalue weighted by Crippen LogP contribution is -2.12. The highest BCUT2D eigenvalue weighted by atomic mass is 32.2. The van der Waals surface area contributed by atoms with Gasteiger partial charge in [-0.2, -0.15) is 5.10 Å². The summed E-state index contributed by atoms with van der Waals surface area (Å²) in [4.78, 5) is -0.0348. The van der Waals surface area contributed by atoms with Crippen LogP contribution in [0.15, 0.2) is 65.6 Å². The van der Waals surface area contributed by atoms with Gasteiger partial charge in [0.2, 0.25) is 5.88 Å². The van der Waals surface area contributed by atoms with E-state index in [1.54, 1.807) is 41.1 Å². The predicted molar refractivity (Wildman–Crippen MR) is 117 cm³/mol. The van der Waals surface area contributed by atoms with Crippen molar-refractivity contribution in [3.8, 4) is 17.4 Å². The number of benzene rings is 2. The zero-order chi connectivity index (χ0) is 22.9. The van der Waals surface area contributed by atoms with Crippen LogP contribution in [0.3, 0.4) is 0 Å². The summed E-state index contributed by atoms with van der Waals surface area (Å²) >= 11 is 0. The van der Waals surface area contributed by atoms with Gasteiger partial charge in [0.15, 0.2) is 5.82 Å². The van der Waals surface area contributed by atoms with E-state index in [0.29, 0.717) is 17.3 Å². The summed E-state index contributed by atoms with van der Waals surface area (Å²) < 4.78 is 47.7. The molecule has 0 aliphatic carbocycles. The number of anilines is 1. The van der Waals surface area contributed by atoms with Gasteiger partial charge in [-0.3, -0.25) is 4.72 Å². The summed E-state index contributed by atoms with van der Waals surface area (Å²) in [5.74, 6) is 0.813. The van der Waals surface area contributed by atoms with Crippen LogP contribution in [0.1, 0.15) is 17.0 Å². The lowest BCUT2D eigenvalue weighted by atomic mass is 10.2. The fourth-order valence-electron chi connectivity index (χ4n) is 2.96. The molecule has 0 spiro atoms. The van der Waals surface area contributed by atoms with Crippen molar-refractivity contribution in [2.24, 2.45) is 0 Å². The minimum atomic E-state index is -3.83. The summed E-state index contributed by atoms with van der Waals surface area (Å²) in [5.41, 5.74) is 3.36. The Morgan fingerprint density at radius 1 is 0.906 bits per heavy atom. The number of aryl methyl sites for hydroxylation is 1. The molecule has 4 aromatic rings. The Balaban J connectivity index is 1.44. The first kappa shape index (κ1) is 21.4. The number of sulfonamides is 1. The zero-order valence-corrected chi connectivity index (χ0v) is 18.4. The largest absolute Gasteiger partial charge is 0.438 e. The van der Waals surface area contributed by atoms with Crippen molar-refractivity contribution in [2.45, 2.75) is 25.7 Å². The van der Waals surface area contributed by atoms with Crippen molar-refractivity contribution in [2.75, 3.05) is 4.72 Å². The summed E-state index contributed by atoms with van der Waals surface area (Å²) in [6.45, 7) is 5.91. The smallest absolute Gasteiger partial charge is 0.261 e. The normalized spacial score (nSPS) is 11.4. The van der Waals surface area contributed by atoms with Gasteiger partial charge in [0.05, 0.1) is 10.6 Å². The molecule has 32 heavy (non-hydrogen) atoms. The third-order valence-electron chi connectivity index (χ3n) is 4.95.